The second kappa shape index (κ2) is 6.19. The Morgan fingerprint density at radius 2 is 2.36 bits per heavy atom. The number of ether oxygens (including phenoxy) is 1. The highest BCUT2D eigenvalue weighted by molar-refractivity contribution is 9.11. The normalized spacial score (nSPS) is 13.0. The Hall–Kier alpha value is -0.540. The highest BCUT2D eigenvalue weighted by atomic mass is 79.9. The van der Waals surface area contributed by atoms with Crippen LogP contribution < -0.4 is 0 Å². The number of halogens is 1. The molecule has 0 bridgehead atoms. The summed E-state index contributed by atoms with van der Waals surface area (Å²) in [4.78, 5) is 0. The van der Waals surface area contributed by atoms with Gasteiger partial charge in [-0.25, -0.2) is 0 Å². The van der Waals surface area contributed by atoms with Crippen LogP contribution in [0.15, 0.2) is 35.0 Å². The van der Waals surface area contributed by atoms with E-state index < -0.39 is 0 Å². The van der Waals surface area contributed by atoms with E-state index >= 15 is 0 Å². The number of allylic oxidation sites excluding steroid dienone is 4. The Morgan fingerprint density at radius 3 is 2.73 bits per heavy atom. The van der Waals surface area contributed by atoms with E-state index in [0.29, 0.717) is 5.76 Å². The average Bonchev–Trinajstić information content (AvgIpc) is 2.03. The second-order valence-corrected chi connectivity index (χ2v) is 2.61. The lowest BCUT2D eigenvalue weighted by molar-refractivity contribution is 0.0477. The number of aliphatic hydroxyl groups is 1. The minimum absolute atomic E-state index is 0.312. The van der Waals surface area contributed by atoms with Crippen LogP contribution in [0.25, 0.3) is 0 Å². The molecular formula is C8H11BrO2. The summed E-state index contributed by atoms with van der Waals surface area (Å²) < 4.78 is 5.64. The summed E-state index contributed by atoms with van der Waals surface area (Å²) in [7, 11) is 0. The first-order valence-corrected chi connectivity index (χ1v) is 3.93. The van der Waals surface area contributed by atoms with Crippen LogP contribution in [0.4, 0.5) is 0 Å². The van der Waals surface area contributed by atoms with Crippen LogP contribution in [0, 0.1) is 0 Å². The third-order valence-corrected chi connectivity index (χ3v) is 1.54. The van der Waals surface area contributed by atoms with Gasteiger partial charge in [0.25, 0.3) is 0 Å². The predicted molar refractivity (Wildman–Crippen MR) is 49.1 cm³/mol. The lowest BCUT2D eigenvalue weighted by Crippen LogP contribution is -1.90. The van der Waals surface area contributed by atoms with Crippen LogP contribution in [0.5, 0.6) is 0 Å². The van der Waals surface area contributed by atoms with Crippen molar-refractivity contribution in [2.45, 2.75) is 6.92 Å². The van der Waals surface area contributed by atoms with E-state index in [-0.39, 0.29) is 6.79 Å². The zero-order chi connectivity index (χ0) is 8.69. The molecule has 0 aliphatic heterocycles. The molecule has 2 nitrogen and oxygen atoms in total. The molecule has 1 N–H and O–H groups in total. The third-order valence-electron chi connectivity index (χ3n) is 0.991. The van der Waals surface area contributed by atoms with Crippen LogP contribution in [-0.2, 0) is 4.74 Å². The standard InChI is InChI=1S/C8H11BrO2/c1-3-7(9)5-8(4-2)11-6-10/h3-5,10H,1,6H2,2H3/b7-5+,8-4?. The van der Waals surface area contributed by atoms with Crippen molar-refractivity contribution in [3.05, 3.63) is 35.0 Å². The Morgan fingerprint density at radius 1 is 1.73 bits per heavy atom. The topological polar surface area (TPSA) is 29.5 Å². The molecule has 0 atom stereocenters. The molecule has 0 aromatic heterocycles. The summed E-state index contributed by atoms with van der Waals surface area (Å²) in [5, 5.41) is 8.42. The Balaban J connectivity index is 4.18. The van der Waals surface area contributed by atoms with Crippen molar-refractivity contribution in [2.75, 3.05) is 6.79 Å². The van der Waals surface area contributed by atoms with Gasteiger partial charge in [-0.05, 0) is 19.1 Å². The Bertz CT molecular complexity index is 183. The fraction of sp³-hybridized carbons (Fsp3) is 0.250. The molecule has 0 aromatic rings. The highest BCUT2D eigenvalue weighted by Crippen LogP contribution is 2.10. The summed E-state index contributed by atoms with van der Waals surface area (Å²) >= 11 is 3.23. The van der Waals surface area contributed by atoms with E-state index in [0.717, 1.165) is 4.48 Å². The Kier molecular flexibility index (Phi) is 5.88. The van der Waals surface area contributed by atoms with Gasteiger partial charge in [0.2, 0.25) is 0 Å². The van der Waals surface area contributed by atoms with E-state index in [4.69, 9.17) is 9.84 Å². The van der Waals surface area contributed by atoms with Gasteiger partial charge in [0.1, 0.15) is 5.76 Å². The summed E-state index contributed by atoms with van der Waals surface area (Å²) in [6.45, 7) is 5.06. The molecule has 0 aliphatic carbocycles. The molecule has 62 valence electrons. The van der Waals surface area contributed by atoms with Crippen molar-refractivity contribution in [3.8, 4) is 0 Å². The van der Waals surface area contributed by atoms with Crippen molar-refractivity contribution in [1.82, 2.24) is 0 Å². The molecule has 0 amide bonds. The molecule has 0 heterocycles. The number of aliphatic hydroxyl groups excluding tert-OH is 1. The molecule has 0 aromatic carbocycles. The zero-order valence-corrected chi connectivity index (χ0v) is 7.97. The van der Waals surface area contributed by atoms with Crippen molar-refractivity contribution >= 4 is 15.9 Å². The van der Waals surface area contributed by atoms with Crippen molar-refractivity contribution < 1.29 is 9.84 Å². The van der Waals surface area contributed by atoms with Crippen LogP contribution >= 0.6 is 15.9 Å². The van der Waals surface area contributed by atoms with Crippen LogP contribution in [-0.4, -0.2) is 11.9 Å². The number of rotatable bonds is 4. The fourth-order valence-electron chi connectivity index (χ4n) is 0.478. The first-order chi connectivity index (χ1) is 5.24. The maximum absolute atomic E-state index is 8.42. The molecule has 0 aliphatic rings. The molecule has 0 rings (SSSR count). The molecule has 0 radical (unpaired) electrons. The first-order valence-electron chi connectivity index (χ1n) is 3.14. The minimum atomic E-state index is -0.312. The molecule has 11 heavy (non-hydrogen) atoms. The van der Waals surface area contributed by atoms with Gasteiger partial charge in [-0.1, -0.05) is 28.6 Å². The largest absolute Gasteiger partial charge is 0.468 e. The molecule has 0 unspecified atom stereocenters. The Labute approximate surface area is 75.0 Å². The zero-order valence-electron chi connectivity index (χ0n) is 6.38. The second-order valence-electron chi connectivity index (χ2n) is 1.70. The molecule has 0 saturated heterocycles. The summed E-state index contributed by atoms with van der Waals surface area (Å²) in [5.41, 5.74) is 0. The van der Waals surface area contributed by atoms with Gasteiger partial charge in [-0.2, -0.15) is 0 Å². The van der Waals surface area contributed by atoms with Crippen LogP contribution in [0.2, 0.25) is 0 Å². The lowest BCUT2D eigenvalue weighted by Gasteiger charge is -2.01. The maximum atomic E-state index is 8.42. The van der Waals surface area contributed by atoms with Gasteiger partial charge >= 0.3 is 0 Å². The van der Waals surface area contributed by atoms with Gasteiger partial charge in [0.15, 0.2) is 6.79 Å². The predicted octanol–water partition coefficient (Wildman–Crippen LogP) is 2.32. The van der Waals surface area contributed by atoms with E-state index in [1.807, 2.05) is 6.92 Å². The summed E-state index contributed by atoms with van der Waals surface area (Å²) in [5.74, 6) is 0.610. The number of hydrogen-bond donors (Lipinski definition) is 1. The molecule has 3 heteroatoms. The SMILES string of the molecule is C=C/C(Br)=C\C(=CC)OCO. The number of hydrogen-bond acceptors (Lipinski definition) is 2. The van der Waals surface area contributed by atoms with Crippen molar-refractivity contribution in [2.24, 2.45) is 0 Å². The fourth-order valence-corrected chi connectivity index (χ4v) is 0.703. The van der Waals surface area contributed by atoms with Crippen LogP contribution in [0.3, 0.4) is 0 Å². The maximum Gasteiger partial charge on any atom is 0.186 e. The average molecular weight is 219 g/mol. The minimum Gasteiger partial charge on any atom is -0.468 e. The van der Waals surface area contributed by atoms with E-state index in [1.165, 1.54) is 0 Å². The van der Waals surface area contributed by atoms with E-state index in [2.05, 4.69) is 22.5 Å². The van der Waals surface area contributed by atoms with Gasteiger partial charge in [0.05, 0.1) is 0 Å². The van der Waals surface area contributed by atoms with Gasteiger partial charge in [0, 0.05) is 4.48 Å². The molecule has 0 saturated carbocycles. The third kappa shape index (κ3) is 4.81. The van der Waals surface area contributed by atoms with Gasteiger partial charge in [-0.3, -0.25) is 0 Å². The highest BCUT2D eigenvalue weighted by Gasteiger charge is 1.90. The van der Waals surface area contributed by atoms with E-state index in [1.54, 1.807) is 18.2 Å². The monoisotopic (exact) mass is 218 g/mol. The van der Waals surface area contributed by atoms with Crippen molar-refractivity contribution in [3.63, 3.8) is 0 Å². The summed E-state index contributed by atoms with van der Waals surface area (Å²) in [6, 6.07) is 0. The summed E-state index contributed by atoms with van der Waals surface area (Å²) in [6.07, 6.45) is 5.12. The smallest absolute Gasteiger partial charge is 0.186 e. The van der Waals surface area contributed by atoms with Gasteiger partial charge in [-0.15, -0.1) is 0 Å². The first kappa shape index (κ1) is 10.5. The van der Waals surface area contributed by atoms with Crippen molar-refractivity contribution in [1.29, 1.82) is 0 Å². The quantitative estimate of drug-likeness (QED) is 0.446. The molecule has 0 spiro atoms. The van der Waals surface area contributed by atoms with Gasteiger partial charge < -0.3 is 9.84 Å². The van der Waals surface area contributed by atoms with E-state index in [9.17, 15) is 0 Å². The molecular weight excluding hydrogens is 208 g/mol. The lowest BCUT2D eigenvalue weighted by atomic mass is 10.4. The van der Waals surface area contributed by atoms with Crippen LogP contribution in [0.1, 0.15) is 6.92 Å². The molecule has 0 fully saturated rings.